The van der Waals surface area contributed by atoms with Crippen LogP contribution in [0.15, 0.2) is 78.9 Å². The number of carbonyl (C=O) groups is 1. The third-order valence-corrected chi connectivity index (χ3v) is 4.19. The van der Waals surface area contributed by atoms with Crippen LogP contribution in [-0.2, 0) is 11.2 Å². The fourth-order valence-corrected chi connectivity index (χ4v) is 2.87. The maximum absolute atomic E-state index is 11.7. The van der Waals surface area contributed by atoms with Gasteiger partial charge in [0.25, 0.3) is 0 Å². The zero-order valence-electron chi connectivity index (χ0n) is 15.2. The van der Waals surface area contributed by atoms with Crippen molar-refractivity contribution in [3.05, 3.63) is 84.4 Å². The molecule has 0 saturated carbocycles. The Balaban J connectivity index is 1.74. The monoisotopic (exact) mass is 362 g/mol. The van der Waals surface area contributed by atoms with Gasteiger partial charge in [-0.25, -0.2) is 4.79 Å². The highest BCUT2D eigenvalue weighted by Gasteiger charge is 2.22. The Morgan fingerprint density at radius 2 is 1.52 bits per heavy atom. The fourth-order valence-electron chi connectivity index (χ4n) is 2.87. The molecule has 27 heavy (non-hydrogen) atoms. The predicted molar refractivity (Wildman–Crippen MR) is 105 cm³/mol. The third kappa shape index (κ3) is 4.88. The molecule has 0 fully saturated rings. The second-order valence-corrected chi connectivity index (χ2v) is 6.08. The van der Waals surface area contributed by atoms with Crippen LogP contribution in [0.25, 0.3) is 11.1 Å². The van der Waals surface area contributed by atoms with Gasteiger partial charge in [-0.05, 0) is 41.8 Å². The number of hydrogen-bond acceptors (Lipinski definition) is 3. The first-order valence-corrected chi connectivity index (χ1v) is 8.93. The molecule has 1 atom stereocenters. The van der Waals surface area contributed by atoms with Gasteiger partial charge in [0.2, 0.25) is 0 Å². The fraction of sp³-hybridized carbons (Fsp3) is 0.174. The molecule has 3 rings (SSSR count). The van der Waals surface area contributed by atoms with Crippen molar-refractivity contribution < 1.29 is 19.4 Å². The van der Waals surface area contributed by atoms with Crippen LogP contribution < -0.4 is 9.47 Å². The largest absolute Gasteiger partial charge is 0.494 e. The van der Waals surface area contributed by atoms with E-state index in [0.29, 0.717) is 18.1 Å². The molecule has 0 aliphatic rings. The molecule has 4 heteroatoms. The zero-order chi connectivity index (χ0) is 19.1. The number of rotatable bonds is 8. The minimum Gasteiger partial charge on any atom is -0.494 e. The summed E-state index contributed by atoms with van der Waals surface area (Å²) in [5.41, 5.74) is 2.97. The molecule has 3 aromatic rings. The summed E-state index contributed by atoms with van der Waals surface area (Å²) in [4.78, 5) is 11.7. The molecular weight excluding hydrogens is 340 g/mol. The normalized spacial score (nSPS) is 11.6. The Labute approximate surface area is 159 Å². The molecule has 1 N–H and O–H groups in total. The van der Waals surface area contributed by atoms with Gasteiger partial charge >= 0.3 is 5.97 Å². The van der Waals surface area contributed by atoms with Crippen LogP contribution in [0.5, 0.6) is 11.5 Å². The zero-order valence-corrected chi connectivity index (χ0v) is 15.2. The highest BCUT2D eigenvalue weighted by Crippen LogP contribution is 2.25. The Hall–Kier alpha value is -3.27. The Kier molecular flexibility index (Phi) is 6.10. The number of carboxylic acids is 1. The molecule has 0 amide bonds. The van der Waals surface area contributed by atoms with Gasteiger partial charge in [0.1, 0.15) is 11.5 Å². The smallest absolute Gasteiger partial charge is 0.345 e. The Bertz CT molecular complexity index is 872. The second kappa shape index (κ2) is 8.90. The van der Waals surface area contributed by atoms with Crippen LogP contribution in [-0.4, -0.2) is 23.8 Å². The van der Waals surface area contributed by atoms with Crippen molar-refractivity contribution in [2.24, 2.45) is 0 Å². The van der Waals surface area contributed by atoms with Crippen LogP contribution in [0.4, 0.5) is 0 Å². The molecule has 3 aromatic carbocycles. The van der Waals surface area contributed by atoms with Crippen LogP contribution in [0.3, 0.4) is 0 Å². The van der Waals surface area contributed by atoms with Crippen LogP contribution in [0, 0.1) is 0 Å². The Morgan fingerprint density at radius 3 is 2.19 bits per heavy atom. The summed E-state index contributed by atoms with van der Waals surface area (Å²) in [5.74, 6) is 0.207. The van der Waals surface area contributed by atoms with Gasteiger partial charge in [-0.2, -0.15) is 0 Å². The van der Waals surface area contributed by atoms with Crippen molar-refractivity contribution in [1.29, 1.82) is 0 Å². The third-order valence-electron chi connectivity index (χ3n) is 4.19. The van der Waals surface area contributed by atoms with E-state index in [4.69, 9.17) is 9.47 Å². The summed E-state index contributed by atoms with van der Waals surface area (Å²) in [6.45, 7) is 2.42. The summed E-state index contributed by atoms with van der Waals surface area (Å²) in [6.07, 6.45) is -0.763. The molecule has 0 aromatic heterocycles. The van der Waals surface area contributed by atoms with Gasteiger partial charge < -0.3 is 14.6 Å². The van der Waals surface area contributed by atoms with Crippen molar-refractivity contribution in [2.75, 3.05) is 6.61 Å². The van der Waals surface area contributed by atoms with E-state index in [9.17, 15) is 9.90 Å². The highest BCUT2D eigenvalue weighted by atomic mass is 16.5. The van der Waals surface area contributed by atoms with Gasteiger partial charge in [-0.15, -0.1) is 0 Å². The molecule has 0 radical (unpaired) electrons. The first-order valence-electron chi connectivity index (χ1n) is 8.93. The maximum Gasteiger partial charge on any atom is 0.345 e. The molecule has 0 aliphatic heterocycles. The molecule has 0 bridgehead atoms. The van der Waals surface area contributed by atoms with Gasteiger partial charge in [0, 0.05) is 6.42 Å². The van der Waals surface area contributed by atoms with Gasteiger partial charge in [-0.3, -0.25) is 0 Å². The number of hydrogen-bond donors (Lipinski definition) is 1. The van der Waals surface area contributed by atoms with Gasteiger partial charge in [0.15, 0.2) is 6.10 Å². The molecule has 4 nitrogen and oxygen atoms in total. The summed E-state index contributed by atoms with van der Waals surface area (Å²) >= 11 is 0. The van der Waals surface area contributed by atoms with Gasteiger partial charge in [0.05, 0.1) is 6.61 Å². The van der Waals surface area contributed by atoms with Crippen molar-refractivity contribution in [2.45, 2.75) is 19.4 Å². The van der Waals surface area contributed by atoms with E-state index < -0.39 is 12.1 Å². The molecule has 0 saturated heterocycles. The standard InChI is InChI=1S/C23H22O4/c1-2-26-21-11-7-6-10-19(21)16-22(23(24)25)27-20-14-12-18(13-15-20)17-8-4-3-5-9-17/h3-15,22H,2,16H2,1H3,(H,24,25). The molecule has 0 aliphatic carbocycles. The Morgan fingerprint density at radius 1 is 0.889 bits per heavy atom. The van der Waals surface area contributed by atoms with Gasteiger partial charge in [-0.1, -0.05) is 60.7 Å². The molecule has 1 unspecified atom stereocenters. The lowest BCUT2D eigenvalue weighted by Crippen LogP contribution is -2.29. The average molecular weight is 362 g/mol. The van der Waals surface area contributed by atoms with E-state index in [1.807, 2.05) is 73.7 Å². The molecule has 0 spiro atoms. The minimum absolute atomic E-state index is 0.228. The van der Waals surface area contributed by atoms with Crippen molar-refractivity contribution in [3.8, 4) is 22.6 Å². The summed E-state index contributed by atoms with van der Waals surface area (Å²) in [5, 5.41) is 9.58. The van der Waals surface area contributed by atoms with E-state index in [0.717, 1.165) is 16.7 Å². The lowest BCUT2D eigenvalue weighted by atomic mass is 10.1. The summed E-state index contributed by atoms with van der Waals surface area (Å²) in [7, 11) is 0. The van der Waals surface area contributed by atoms with Crippen LogP contribution in [0.2, 0.25) is 0 Å². The maximum atomic E-state index is 11.7. The number of ether oxygens (including phenoxy) is 2. The van der Waals surface area contributed by atoms with E-state index in [1.54, 1.807) is 12.1 Å². The van der Waals surface area contributed by atoms with Crippen LogP contribution in [0.1, 0.15) is 12.5 Å². The quantitative estimate of drug-likeness (QED) is 0.624. The molecule has 0 heterocycles. The highest BCUT2D eigenvalue weighted by molar-refractivity contribution is 5.73. The van der Waals surface area contributed by atoms with E-state index >= 15 is 0 Å². The summed E-state index contributed by atoms with van der Waals surface area (Å²) in [6, 6.07) is 24.9. The predicted octanol–water partition coefficient (Wildman–Crippen LogP) is 4.83. The first-order chi connectivity index (χ1) is 13.2. The second-order valence-electron chi connectivity index (χ2n) is 6.08. The van der Waals surface area contributed by atoms with Crippen molar-refractivity contribution >= 4 is 5.97 Å². The minimum atomic E-state index is -1.01. The SMILES string of the molecule is CCOc1ccccc1CC(Oc1ccc(-c2ccccc2)cc1)C(=O)O. The van der Waals surface area contributed by atoms with Crippen molar-refractivity contribution in [1.82, 2.24) is 0 Å². The molecular formula is C23H22O4. The molecule has 138 valence electrons. The number of aliphatic carboxylic acids is 1. The lowest BCUT2D eigenvalue weighted by molar-refractivity contribution is -0.145. The number of carboxylic acid groups (broad SMARTS) is 1. The van der Waals surface area contributed by atoms with E-state index in [2.05, 4.69) is 0 Å². The van der Waals surface area contributed by atoms with E-state index in [-0.39, 0.29) is 6.42 Å². The summed E-state index contributed by atoms with van der Waals surface area (Å²) < 4.78 is 11.3. The number of benzene rings is 3. The number of para-hydroxylation sites is 1. The van der Waals surface area contributed by atoms with Crippen LogP contribution >= 0.6 is 0 Å². The first kappa shape index (κ1) is 18.5. The topological polar surface area (TPSA) is 55.8 Å². The average Bonchev–Trinajstić information content (AvgIpc) is 2.70. The lowest BCUT2D eigenvalue weighted by Gasteiger charge is -2.17. The van der Waals surface area contributed by atoms with Crippen molar-refractivity contribution in [3.63, 3.8) is 0 Å². The van der Waals surface area contributed by atoms with E-state index in [1.165, 1.54) is 0 Å².